The molecule has 0 amide bonds. The number of aromatic nitrogens is 1. The first-order chi connectivity index (χ1) is 6.27. The highest BCUT2D eigenvalue weighted by molar-refractivity contribution is 7.09. The number of hydrogen-bond donors (Lipinski definition) is 1. The Labute approximate surface area is 90.6 Å². The van der Waals surface area contributed by atoms with E-state index in [0.717, 1.165) is 5.01 Å². The maximum atomic E-state index is 5.72. The highest BCUT2D eigenvalue weighted by atomic mass is 32.1. The van der Waals surface area contributed by atoms with Gasteiger partial charge in [-0.05, 0) is 0 Å². The van der Waals surface area contributed by atoms with E-state index in [1.165, 1.54) is 5.69 Å². The van der Waals surface area contributed by atoms with Crippen molar-refractivity contribution in [1.29, 1.82) is 0 Å². The second kappa shape index (κ2) is 3.63. The van der Waals surface area contributed by atoms with Gasteiger partial charge >= 0.3 is 0 Å². The molecule has 1 heterocycles. The van der Waals surface area contributed by atoms with Gasteiger partial charge in [-0.1, -0.05) is 34.6 Å². The van der Waals surface area contributed by atoms with E-state index in [-0.39, 0.29) is 10.8 Å². The van der Waals surface area contributed by atoms with Crippen LogP contribution >= 0.6 is 11.3 Å². The Balaban J connectivity index is 3.00. The molecule has 1 aromatic rings. The molecule has 2 N–H and O–H groups in total. The molecule has 0 aliphatic rings. The van der Waals surface area contributed by atoms with E-state index in [2.05, 4.69) is 45.0 Å². The molecular formula is C11H20N2S. The number of nitrogens with zero attached hydrogens (tertiary/aromatic N) is 1. The quantitative estimate of drug-likeness (QED) is 0.818. The van der Waals surface area contributed by atoms with Gasteiger partial charge in [0.05, 0.1) is 10.7 Å². The summed E-state index contributed by atoms with van der Waals surface area (Å²) in [5, 5.41) is 3.29. The predicted molar refractivity (Wildman–Crippen MR) is 62.9 cm³/mol. The molecule has 0 saturated heterocycles. The molecule has 0 aliphatic carbocycles. The van der Waals surface area contributed by atoms with Crippen LogP contribution in [0.15, 0.2) is 5.38 Å². The first-order valence-corrected chi connectivity index (χ1v) is 5.82. The smallest absolute Gasteiger partial charge is 0.0997 e. The normalized spacial score (nSPS) is 13.3. The van der Waals surface area contributed by atoms with Gasteiger partial charge in [-0.15, -0.1) is 11.3 Å². The zero-order chi connectivity index (χ0) is 11.0. The fourth-order valence-corrected chi connectivity index (χ4v) is 2.20. The van der Waals surface area contributed by atoms with Crippen molar-refractivity contribution < 1.29 is 0 Å². The lowest BCUT2D eigenvalue weighted by Crippen LogP contribution is -2.28. The van der Waals surface area contributed by atoms with E-state index in [1.54, 1.807) is 11.3 Å². The monoisotopic (exact) mass is 212 g/mol. The predicted octanol–water partition coefficient (Wildman–Crippen LogP) is 2.68. The molecule has 0 saturated carbocycles. The molecule has 3 heteroatoms. The summed E-state index contributed by atoms with van der Waals surface area (Å²) in [4.78, 5) is 4.66. The molecule has 0 aromatic carbocycles. The SMILES string of the molecule is CC(C)(C)c1csc(C(C)(C)CN)n1. The lowest BCUT2D eigenvalue weighted by atomic mass is 9.92. The van der Waals surface area contributed by atoms with Crippen LogP contribution in [0.25, 0.3) is 0 Å². The van der Waals surface area contributed by atoms with Crippen LogP contribution in [0.5, 0.6) is 0 Å². The third-order valence-electron chi connectivity index (χ3n) is 2.36. The molecular weight excluding hydrogens is 192 g/mol. The number of nitrogens with two attached hydrogens (primary N) is 1. The van der Waals surface area contributed by atoms with Crippen molar-refractivity contribution in [3.05, 3.63) is 16.1 Å². The van der Waals surface area contributed by atoms with Gasteiger partial charge in [-0.3, -0.25) is 0 Å². The van der Waals surface area contributed by atoms with E-state index in [9.17, 15) is 0 Å². The highest BCUT2D eigenvalue weighted by Crippen LogP contribution is 2.30. The third-order valence-corrected chi connectivity index (χ3v) is 3.57. The van der Waals surface area contributed by atoms with Crippen LogP contribution in [0.3, 0.4) is 0 Å². The maximum Gasteiger partial charge on any atom is 0.0997 e. The second-order valence-electron chi connectivity index (χ2n) is 5.38. The van der Waals surface area contributed by atoms with E-state index >= 15 is 0 Å². The van der Waals surface area contributed by atoms with E-state index in [4.69, 9.17) is 5.73 Å². The molecule has 0 radical (unpaired) electrons. The van der Waals surface area contributed by atoms with Crippen molar-refractivity contribution in [2.24, 2.45) is 5.73 Å². The first kappa shape index (κ1) is 11.7. The summed E-state index contributed by atoms with van der Waals surface area (Å²) in [6, 6.07) is 0. The average Bonchev–Trinajstić information content (AvgIpc) is 2.51. The summed E-state index contributed by atoms with van der Waals surface area (Å²) in [6.07, 6.45) is 0. The first-order valence-electron chi connectivity index (χ1n) is 4.94. The topological polar surface area (TPSA) is 38.9 Å². The molecule has 0 unspecified atom stereocenters. The van der Waals surface area contributed by atoms with Crippen LogP contribution in [0.1, 0.15) is 45.3 Å². The van der Waals surface area contributed by atoms with Crippen LogP contribution in [0.4, 0.5) is 0 Å². The zero-order valence-electron chi connectivity index (χ0n) is 9.72. The molecule has 0 aliphatic heterocycles. The van der Waals surface area contributed by atoms with Crippen molar-refractivity contribution in [2.45, 2.75) is 45.4 Å². The van der Waals surface area contributed by atoms with Gasteiger partial charge in [-0.2, -0.15) is 0 Å². The molecule has 1 rings (SSSR count). The van der Waals surface area contributed by atoms with Gasteiger partial charge in [0, 0.05) is 22.8 Å². The number of rotatable bonds is 2. The van der Waals surface area contributed by atoms with E-state index in [0.29, 0.717) is 6.54 Å². The average molecular weight is 212 g/mol. The summed E-state index contributed by atoms with van der Waals surface area (Å²) in [6.45, 7) is 11.5. The fraction of sp³-hybridized carbons (Fsp3) is 0.727. The van der Waals surface area contributed by atoms with Crippen molar-refractivity contribution in [1.82, 2.24) is 4.98 Å². The molecule has 0 bridgehead atoms. The van der Waals surface area contributed by atoms with Crippen molar-refractivity contribution in [3.8, 4) is 0 Å². The standard InChI is InChI=1S/C11H20N2S/c1-10(2,3)8-6-14-9(13-8)11(4,5)7-12/h6H,7,12H2,1-5H3. The Morgan fingerprint density at radius 1 is 1.29 bits per heavy atom. The van der Waals surface area contributed by atoms with Gasteiger partial charge in [-0.25, -0.2) is 4.98 Å². The number of thiazole rings is 1. The van der Waals surface area contributed by atoms with Crippen molar-refractivity contribution >= 4 is 11.3 Å². The van der Waals surface area contributed by atoms with Crippen LogP contribution in [0, 0.1) is 0 Å². The maximum absolute atomic E-state index is 5.72. The fourth-order valence-electron chi connectivity index (χ4n) is 1.02. The molecule has 14 heavy (non-hydrogen) atoms. The van der Waals surface area contributed by atoms with Gasteiger partial charge in [0.1, 0.15) is 0 Å². The van der Waals surface area contributed by atoms with Gasteiger partial charge in [0.15, 0.2) is 0 Å². The minimum atomic E-state index is 0.00810. The molecule has 0 fully saturated rings. The van der Waals surface area contributed by atoms with Gasteiger partial charge in [0.25, 0.3) is 0 Å². The van der Waals surface area contributed by atoms with E-state index in [1.807, 2.05) is 0 Å². The number of hydrogen-bond acceptors (Lipinski definition) is 3. The van der Waals surface area contributed by atoms with Gasteiger partial charge < -0.3 is 5.73 Å². The summed E-state index contributed by atoms with van der Waals surface area (Å²) >= 11 is 1.72. The van der Waals surface area contributed by atoms with Crippen molar-refractivity contribution in [2.75, 3.05) is 6.54 Å². The van der Waals surface area contributed by atoms with Crippen LogP contribution in [0.2, 0.25) is 0 Å². The summed E-state index contributed by atoms with van der Waals surface area (Å²) in [5.74, 6) is 0. The summed E-state index contributed by atoms with van der Waals surface area (Å²) < 4.78 is 0. The largest absolute Gasteiger partial charge is 0.330 e. The van der Waals surface area contributed by atoms with Crippen molar-refractivity contribution in [3.63, 3.8) is 0 Å². The minimum absolute atomic E-state index is 0.00810. The Kier molecular flexibility index (Phi) is 3.02. The Bertz CT molecular complexity index is 307. The van der Waals surface area contributed by atoms with Crippen LogP contribution in [-0.2, 0) is 10.8 Å². The lowest BCUT2D eigenvalue weighted by molar-refractivity contribution is 0.519. The minimum Gasteiger partial charge on any atom is -0.330 e. The Morgan fingerprint density at radius 3 is 2.21 bits per heavy atom. The summed E-state index contributed by atoms with van der Waals surface area (Å²) in [5.41, 5.74) is 7.04. The molecule has 80 valence electrons. The highest BCUT2D eigenvalue weighted by Gasteiger charge is 2.25. The zero-order valence-corrected chi connectivity index (χ0v) is 10.5. The Hall–Kier alpha value is -0.410. The van der Waals surface area contributed by atoms with Gasteiger partial charge in [0.2, 0.25) is 0 Å². The third kappa shape index (κ3) is 2.34. The van der Waals surface area contributed by atoms with E-state index < -0.39 is 0 Å². The molecule has 0 spiro atoms. The molecule has 2 nitrogen and oxygen atoms in total. The lowest BCUT2D eigenvalue weighted by Gasteiger charge is -2.20. The van der Waals surface area contributed by atoms with Crippen LogP contribution in [-0.4, -0.2) is 11.5 Å². The molecule has 0 atom stereocenters. The Morgan fingerprint density at radius 2 is 1.86 bits per heavy atom. The summed E-state index contributed by atoms with van der Waals surface area (Å²) in [7, 11) is 0. The molecule has 1 aromatic heterocycles. The van der Waals surface area contributed by atoms with Crippen LogP contribution < -0.4 is 5.73 Å². The second-order valence-corrected chi connectivity index (χ2v) is 6.23.